The molecule has 0 spiro atoms. The van der Waals surface area contributed by atoms with Crippen molar-refractivity contribution in [1.29, 1.82) is 0 Å². The number of carbonyl (C=O) groups excluding carboxylic acids is 1. The molecule has 1 N–H and O–H groups in total. The largest absolute Gasteiger partial charge is 0.378 e. The zero-order chi connectivity index (χ0) is 17.1. The molecular weight excluding hydrogens is 316 g/mol. The first-order valence-electron chi connectivity index (χ1n) is 9.32. The molecule has 0 radical (unpaired) electrons. The highest BCUT2D eigenvalue weighted by atomic mass is 16.5. The summed E-state index contributed by atoms with van der Waals surface area (Å²) in [4.78, 5) is 19.5. The van der Waals surface area contributed by atoms with Gasteiger partial charge in [-0.3, -0.25) is 9.69 Å². The summed E-state index contributed by atoms with van der Waals surface area (Å²) in [6.45, 7) is 3.75. The Hall–Kier alpha value is -1.92. The number of imidazole rings is 1. The van der Waals surface area contributed by atoms with Gasteiger partial charge in [0.2, 0.25) is 5.91 Å². The van der Waals surface area contributed by atoms with Gasteiger partial charge < -0.3 is 14.5 Å². The van der Waals surface area contributed by atoms with E-state index in [1.807, 2.05) is 35.0 Å². The van der Waals surface area contributed by atoms with E-state index in [0.717, 1.165) is 43.4 Å². The van der Waals surface area contributed by atoms with Crippen molar-refractivity contribution in [2.45, 2.75) is 31.7 Å². The summed E-state index contributed by atoms with van der Waals surface area (Å²) in [5.74, 6) is 0.856. The lowest BCUT2D eigenvalue weighted by molar-refractivity contribution is -0.133. The number of fused-ring (bicyclic) bond motifs is 1. The number of nitrogens with one attached hydrogen (secondary N) is 1. The summed E-state index contributed by atoms with van der Waals surface area (Å²) in [7, 11) is 0. The Bertz CT molecular complexity index is 692. The van der Waals surface area contributed by atoms with Crippen LogP contribution in [0.4, 0.5) is 0 Å². The van der Waals surface area contributed by atoms with Gasteiger partial charge in [0, 0.05) is 38.4 Å². The first kappa shape index (κ1) is 16.5. The molecule has 25 heavy (non-hydrogen) atoms. The van der Waals surface area contributed by atoms with Crippen LogP contribution in [-0.4, -0.2) is 59.1 Å². The Morgan fingerprint density at radius 3 is 3.08 bits per heavy atom. The molecule has 4 rings (SSSR count). The van der Waals surface area contributed by atoms with Crippen LogP contribution in [0.3, 0.4) is 0 Å². The van der Waals surface area contributed by atoms with Crippen LogP contribution in [0.5, 0.6) is 0 Å². The van der Waals surface area contributed by atoms with Crippen LogP contribution in [0.2, 0.25) is 0 Å². The highest BCUT2D eigenvalue weighted by molar-refractivity contribution is 5.82. The van der Waals surface area contributed by atoms with Crippen LogP contribution in [0, 0.1) is 5.92 Å². The van der Waals surface area contributed by atoms with Crippen molar-refractivity contribution < 1.29 is 9.53 Å². The predicted octanol–water partition coefficient (Wildman–Crippen LogP) is 1.49. The Morgan fingerprint density at radius 1 is 1.36 bits per heavy atom. The number of rotatable bonds is 6. The molecule has 1 atom stereocenters. The van der Waals surface area contributed by atoms with E-state index in [-0.39, 0.29) is 11.9 Å². The van der Waals surface area contributed by atoms with Crippen molar-refractivity contribution in [1.82, 2.24) is 19.6 Å². The van der Waals surface area contributed by atoms with E-state index in [9.17, 15) is 4.79 Å². The van der Waals surface area contributed by atoms with Gasteiger partial charge in [0.1, 0.15) is 11.7 Å². The van der Waals surface area contributed by atoms with Gasteiger partial charge in [-0.1, -0.05) is 12.5 Å². The van der Waals surface area contributed by atoms with Crippen molar-refractivity contribution in [3.8, 4) is 0 Å². The van der Waals surface area contributed by atoms with Crippen molar-refractivity contribution in [3.63, 3.8) is 0 Å². The highest BCUT2D eigenvalue weighted by Crippen LogP contribution is 2.28. The van der Waals surface area contributed by atoms with Crippen molar-refractivity contribution in [2.24, 2.45) is 5.92 Å². The fraction of sp³-hybridized carbons (Fsp3) is 0.579. The Balaban J connectivity index is 1.29. The average Bonchev–Trinajstić information content (AvgIpc) is 3.01. The van der Waals surface area contributed by atoms with Gasteiger partial charge in [-0.25, -0.2) is 4.98 Å². The maximum absolute atomic E-state index is 12.6. The molecule has 0 aromatic carbocycles. The molecular formula is C19H26N4O2. The number of hydrogen-bond acceptors (Lipinski definition) is 4. The number of aromatic nitrogens is 2. The molecule has 2 aromatic rings. The molecule has 6 nitrogen and oxygen atoms in total. The van der Waals surface area contributed by atoms with Crippen LogP contribution in [0.25, 0.3) is 5.65 Å². The van der Waals surface area contributed by atoms with E-state index in [0.29, 0.717) is 13.2 Å². The monoisotopic (exact) mass is 342 g/mol. The molecule has 0 unspecified atom stereocenters. The third kappa shape index (κ3) is 3.85. The van der Waals surface area contributed by atoms with E-state index in [1.165, 1.54) is 19.3 Å². The van der Waals surface area contributed by atoms with Crippen molar-refractivity contribution >= 4 is 11.6 Å². The number of carbonyl (C=O) groups is 1. The zero-order valence-corrected chi connectivity index (χ0v) is 14.6. The van der Waals surface area contributed by atoms with E-state index in [2.05, 4.69) is 15.2 Å². The van der Waals surface area contributed by atoms with Gasteiger partial charge >= 0.3 is 0 Å². The molecule has 2 aromatic heterocycles. The predicted molar refractivity (Wildman–Crippen MR) is 95.4 cm³/mol. The van der Waals surface area contributed by atoms with Crippen molar-refractivity contribution in [2.75, 3.05) is 32.8 Å². The van der Waals surface area contributed by atoms with Gasteiger partial charge in [0.05, 0.1) is 18.9 Å². The number of amides is 1. The normalized spacial score (nSPS) is 22.0. The first-order chi connectivity index (χ1) is 12.3. The smallest absolute Gasteiger partial charge is 0.239 e. The van der Waals surface area contributed by atoms with Crippen LogP contribution in [0.1, 0.15) is 25.0 Å². The summed E-state index contributed by atoms with van der Waals surface area (Å²) in [6.07, 6.45) is 8.70. The lowest BCUT2D eigenvalue weighted by Crippen LogP contribution is -2.55. The quantitative estimate of drug-likeness (QED) is 0.864. The first-order valence-corrected chi connectivity index (χ1v) is 9.32. The number of ether oxygens (including phenoxy) is 1. The molecule has 6 heteroatoms. The minimum Gasteiger partial charge on any atom is -0.378 e. The molecule has 2 aliphatic rings. The van der Waals surface area contributed by atoms with Crippen molar-refractivity contribution in [3.05, 3.63) is 36.3 Å². The fourth-order valence-electron chi connectivity index (χ4n) is 3.64. The summed E-state index contributed by atoms with van der Waals surface area (Å²) < 4.78 is 7.56. The molecule has 1 aliphatic carbocycles. The second kappa shape index (κ2) is 7.54. The lowest BCUT2D eigenvalue weighted by atomic mass is 9.84. The Kier molecular flexibility index (Phi) is 4.99. The molecule has 1 aliphatic heterocycles. The maximum Gasteiger partial charge on any atom is 0.239 e. The maximum atomic E-state index is 12.6. The summed E-state index contributed by atoms with van der Waals surface area (Å²) >= 11 is 0. The van der Waals surface area contributed by atoms with Gasteiger partial charge in [-0.2, -0.15) is 0 Å². The standard InChI is InChI=1S/C19H26N4O2/c24-19(17-14-25-11-10-22(17)12-15-4-3-5-15)20-8-7-16-13-23-9-2-1-6-18(23)21-16/h1-2,6,9,13,15,17H,3-5,7-8,10-12,14H2,(H,20,24)/t17-/m0/s1. The molecule has 3 heterocycles. The Labute approximate surface area is 148 Å². The van der Waals surface area contributed by atoms with Gasteiger partial charge in [0.15, 0.2) is 0 Å². The fourth-order valence-corrected chi connectivity index (χ4v) is 3.64. The van der Waals surface area contributed by atoms with Gasteiger partial charge in [-0.15, -0.1) is 0 Å². The average molecular weight is 342 g/mol. The van der Waals surface area contributed by atoms with Gasteiger partial charge in [-0.05, 0) is 30.9 Å². The van der Waals surface area contributed by atoms with Crippen LogP contribution >= 0.6 is 0 Å². The number of morpholine rings is 1. The van der Waals surface area contributed by atoms with Gasteiger partial charge in [0.25, 0.3) is 0 Å². The third-order valence-corrected chi connectivity index (χ3v) is 5.35. The van der Waals surface area contributed by atoms with E-state index < -0.39 is 0 Å². The minimum atomic E-state index is -0.143. The van der Waals surface area contributed by atoms with E-state index >= 15 is 0 Å². The molecule has 134 valence electrons. The van der Waals surface area contributed by atoms with Crippen LogP contribution in [0.15, 0.2) is 30.6 Å². The number of pyridine rings is 1. The lowest BCUT2D eigenvalue weighted by Gasteiger charge is -2.39. The van der Waals surface area contributed by atoms with Crippen LogP contribution < -0.4 is 5.32 Å². The molecule has 2 fully saturated rings. The van der Waals surface area contributed by atoms with Crippen LogP contribution in [-0.2, 0) is 16.0 Å². The molecule has 1 saturated carbocycles. The second-order valence-corrected chi connectivity index (χ2v) is 7.12. The van der Waals surface area contributed by atoms with E-state index in [1.54, 1.807) is 0 Å². The highest BCUT2D eigenvalue weighted by Gasteiger charge is 2.32. The Morgan fingerprint density at radius 2 is 2.28 bits per heavy atom. The second-order valence-electron chi connectivity index (χ2n) is 7.12. The SMILES string of the molecule is O=C(NCCc1cn2ccccc2n1)[C@@H]1COCCN1CC1CCC1. The third-order valence-electron chi connectivity index (χ3n) is 5.35. The summed E-state index contributed by atoms with van der Waals surface area (Å²) in [6, 6.07) is 5.81. The summed E-state index contributed by atoms with van der Waals surface area (Å²) in [5.41, 5.74) is 1.94. The molecule has 1 saturated heterocycles. The number of hydrogen-bond donors (Lipinski definition) is 1. The zero-order valence-electron chi connectivity index (χ0n) is 14.6. The number of nitrogens with zero attached hydrogens (tertiary/aromatic N) is 3. The topological polar surface area (TPSA) is 58.9 Å². The molecule has 0 bridgehead atoms. The summed E-state index contributed by atoms with van der Waals surface area (Å²) in [5, 5.41) is 3.07. The molecule has 1 amide bonds. The van der Waals surface area contributed by atoms with E-state index in [4.69, 9.17) is 4.74 Å². The minimum absolute atomic E-state index is 0.0859.